The minimum atomic E-state index is -0.130. The summed E-state index contributed by atoms with van der Waals surface area (Å²) in [6.07, 6.45) is 3.90. The summed E-state index contributed by atoms with van der Waals surface area (Å²) in [7, 11) is 0. The molecule has 3 rings (SSSR count). The highest BCUT2D eigenvalue weighted by Gasteiger charge is 2.33. The van der Waals surface area contributed by atoms with Crippen LogP contribution in [0.15, 0.2) is 69.6 Å². The molecule has 25 heavy (non-hydrogen) atoms. The summed E-state index contributed by atoms with van der Waals surface area (Å²) in [6, 6.07) is 15.3. The van der Waals surface area contributed by atoms with Gasteiger partial charge >= 0.3 is 0 Å². The monoisotopic (exact) mass is 449 g/mol. The number of nitrogens with zero attached hydrogens (tertiary/aromatic N) is 1. The van der Waals surface area contributed by atoms with Gasteiger partial charge in [-0.1, -0.05) is 72.0 Å². The summed E-state index contributed by atoms with van der Waals surface area (Å²) in [5.41, 5.74) is 2.75. The number of thioether (sulfide) groups is 1. The Morgan fingerprint density at radius 1 is 1.24 bits per heavy atom. The number of thiocarbonyl (C=S) groups is 1. The molecule has 0 bridgehead atoms. The summed E-state index contributed by atoms with van der Waals surface area (Å²) in [5, 5.41) is 0.538. The number of allylic oxidation sites excluding steroid dienone is 2. The van der Waals surface area contributed by atoms with Gasteiger partial charge in [-0.15, -0.1) is 0 Å². The maximum atomic E-state index is 12.8. The van der Waals surface area contributed by atoms with Gasteiger partial charge in [0.2, 0.25) is 0 Å². The fourth-order valence-electron chi connectivity index (χ4n) is 2.38. The minimum absolute atomic E-state index is 0.130. The SMILES string of the molecule is CC(=C\c1ccccc1)/C=C1/SC(=S)N(c2ccc(Br)c(Cl)c2)C1=O. The fraction of sp³-hybridized carbons (Fsp3) is 0.0526. The number of anilines is 1. The second-order valence-corrected chi connectivity index (χ2v) is 8.35. The molecule has 0 saturated carbocycles. The fourth-order valence-corrected chi connectivity index (χ4v) is 4.15. The van der Waals surface area contributed by atoms with Crippen LogP contribution in [0.2, 0.25) is 5.02 Å². The lowest BCUT2D eigenvalue weighted by Gasteiger charge is -2.15. The van der Waals surface area contributed by atoms with E-state index in [1.807, 2.05) is 55.5 Å². The van der Waals surface area contributed by atoms with E-state index in [4.69, 9.17) is 23.8 Å². The zero-order valence-corrected chi connectivity index (χ0v) is 17.2. The molecule has 1 saturated heterocycles. The lowest BCUT2D eigenvalue weighted by Crippen LogP contribution is -2.27. The third-order valence-corrected chi connectivity index (χ3v) is 6.04. The van der Waals surface area contributed by atoms with Crippen LogP contribution in [0.5, 0.6) is 0 Å². The molecule has 1 fully saturated rings. The number of benzene rings is 2. The van der Waals surface area contributed by atoms with Crippen LogP contribution in [0.1, 0.15) is 12.5 Å². The molecule has 6 heteroatoms. The lowest BCUT2D eigenvalue weighted by atomic mass is 10.1. The van der Waals surface area contributed by atoms with Gasteiger partial charge in [-0.25, -0.2) is 0 Å². The van der Waals surface area contributed by atoms with Crippen molar-refractivity contribution in [2.45, 2.75) is 6.92 Å². The van der Waals surface area contributed by atoms with E-state index < -0.39 is 0 Å². The van der Waals surface area contributed by atoms with Gasteiger partial charge in [-0.05, 0) is 58.3 Å². The number of rotatable bonds is 3. The lowest BCUT2D eigenvalue weighted by molar-refractivity contribution is -0.113. The summed E-state index contributed by atoms with van der Waals surface area (Å²) in [6.45, 7) is 1.97. The Kier molecular flexibility index (Phi) is 5.79. The van der Waals surface area contributed by atoms with Crippen LogP contribution in [-0.4, -0.2) is 10.2 Å². The highest BCUT2D eigenvalue weighted by atomic mass is 79.9. The third kappa shape index (κ3) is 4.23. The first-order valence-electron chi connectivity index (χ1n) is 7.42. The van der Waals surface area contributed by atoms with Crippen LogP contribution in [-0.2, 0) is 4.79 Å². The van der Waals surface area contributed by atoms with Crippen LogP contribution in [0.25, 0.3) is 6.08 Å². The van der Waals surface area contributed by atoms with Gasteiger partial charge in [0.25, 0.3) is 5.91 Å². The van der Waals surface area contributed by atoms with Crippen molar-refractivity contribution in [2.24, 2.45) is 0 Å². The minimum Gasteiger partial charge on any atom is -0.268 e. The second-order valence-electron chi connectivity index (χ2n) is 5.41. The smallest absolute Gasteiger partial charge is 0.268 e. The average Bonchev–Trinajstić information content (AvgIpc) is 2.85. The normalized spacial score (nSPS) is 16.8. The van der Waals surface area contributed by atoms with Crippen LogP contribution in [0.4, 0.5) is 5.69 Å². The Labute approximate surface area is 169 Å². The third-order valence-electron chi connectivity index (χ3n) is 3.51. The number of carbonyl (C=O) groups excluding carboxylic acids is 1. The molecule has 1 amide bonds. The molecule has 1 aliphatic heterocycles. The molecule has 0 aromatic heterocycles. The number of halogens is 2. The summed E-state index contributed by atoms with van der Waals surface area (Å²) in [5.74, 6) is -0.130. The van der Waals surface area contributed by atoms with Gasteiger partial charge in [0.05, 0.1) is 15.6 Å². The van der Waals surface area contributed by atoms with Gasteiger partial charge < -0.3 is 0 Å². The van der Waals surface area contributed by atoms with E-state index in [-0.39, 0.29) is 5.91 Å². The van der Waals surface area contributed by atoms with Gasteiger partial charge in [0.1, 0.15) is 0 Å². The number of hydrogen-bond donors (Lipinski definition) is 0. The predicted octanol–water partition coefficient (Wildman–Crippen LogP) is 6.45. The van der Waals surface area contributed by atoms with E-state index >= 15 is 0 Å². The molecule has 0 unspecified atom stereocenters. The van der Waals surface area contributed by atoms with Crippen molar-refractivity contribution >= 4 is 73.5 Å². The zero-order valence-electron chi connectivity index (χ0n) is 13.2. The molecular formula is C19H13BrClNOS2. The molecule has 2 aromatic rings. The maximum absolute atomic E-state index is 12.8. The predicted molar refractivity (Wildman–Crippen MR) is 115 cm³/mol. The van der Waals surface area contributed by atoms with Gasteiger partial charge in [-0.3, -0.25) is 9.69 Å². The quantitative estimate of drug-likeness (QED) is 0.395. The van der Waals surface area contributed by atoms with Crippen molar-refractivity contribution in [3.63, 3.8) is 0 Å². The second kappa shape index (κ2) is 7.87. The Bertz CT molecular complexity index is 909. The Morgan fingerprint density at radius 3 is 2.64 bits per heavy atom. The molecule has 0 N–H and O–H groups in total. The van der Waals surface area contributed by atoms with Gasteiger partial charge in [0.15, 0.2) is 4.32 Å². The highest BCUT2D eigenvalue weighted by Crippen LogP contribution is 2.37. The molecule has 0 atom stereocenters. The van der Waals surface area contributed by atoms with E-state index in [0.29, 0.717) is 19.9 Å². The van der Waals surface area contributed by atoms with E-state index in [2.05, 4.69) is 15.9 Å². The van der Waals surface area contributed by atoms with Crippen LogP contribution >= 0.6 is 51.5 Å². The van der Waals surface area contributed by atoms with Crippen molar-refractivity contribution < 1.29 is 4.79 Å². The molecule has 0 aliphatic carbocycles. The number of hydrogen-bond acceptors (Lipinski definition) is 3. The molecule has 126 valence electrons. The topological polar surface area (TPSA) is 20.3 Å². The molecule has 2 aromatic carbocycles. The Hall–Kier alpha value is -1.40. The van der Waals surface area contributed by atoms with E-state index in [1.54, 1.807) is 12.1 Å². The molecule has 0 spiro atoms. The number of carbonyl (C=O) groups is 1. The molecular weight excluding hydrogens is 438 g/mol. The summed E-state index contributed by atoms with van der Waals surface area (Å²) >= 11 is 16.2. The van der Waals surface area contributed by atoms with Gasteiger partial charge in [0, 0.05) is 4.47 Å². The van der Waals surface area contributed by atoms with E-state index in [1.165, 1.54) is 16.7 Å². The van der Waals surface area contributed by atoms with Crippen molar-refractivity contribution in [3.8, 4) is 0 Å². The molecule has 0 radical (unpaired) electrons. The maximum Gasteiger partial charge on any atom is 0.270 e. The molecule has 1 aliphatic rings. The molecule has 1 heterocycles. The zero-order chi connectivity index (χ0) is 18.0. The average molecular weight is 451 g/mol. The van der Waals surface area contributed by atoms with Crippen molar-refractivity contribution in [1.29, 1.82) is 0 Å². The van der Waals surface area contributed by atoms with Crippen LogP contribution in [0, 0.1) is 0 Å². The largest absolute Gasteiger partial charge is 0.270 e. The van der Waals surface area contributed by atoms with Gasteiger partial charge in [-0.2, -0.15) is 0 Å². The van der Waals surface area contributed by atoms with Crippen molar-refractivity contribution in [1.82, 2.24) is 0 Å². The highest BCUT2D eigenvalue weighted by molar-refractivity contribution is 9.10. The first-order chi connectivity index (χ1) is 12.0. The first-order valence-corrected chi connectivity index (χ1v) is 9.81. The van der Waals surface area contributed by atoms with E-state index in [9.17, 15) is 4.79 Å². The van der Waals surface area contributed by atoms with Crippen molar-refractivity contribution in [3.05, 3.63) is 80.1 Å². The molecule has 2 nitrogen and oxygen atoms in total. The Balaban J connectivity index is 1.88. The summed E-state index contributed by atoms with van der Waals surface area (Å²) in [4.78, 5) is 14.9. The van der Waals surface area contributed by atoms with Crippen LogP contribution in [0.3, 0.4) is 0 Å². The van der Waals surface area contributed by atoms with Crippen LogP contribution < -0.4 is 4.90 Å². The standard InChI is InChI=1S/C19H13BrClNOS2/c1-12(9-13-5-3-2-4-6-13)10-17-18(23)22(19(24)25-17)14-7-8-15(20)16(21)11-14/h2-11H,1H3/b12-9+,17-10+. The van der Waals surface area contributed by atoms with E-state index in [0.717, 1.165) is 15.6 Å². The summed E-state index contributed by atoms with van der Waals surface area (Å²) < 4.78 is 1.28. The first kappa shape index (κ1) is 18.4. The Morgan fingerprint density at radius 2 is 1.96 bits per heavy atom. The van der Waals surface area contributed by atoms with Crippen molar-refractivity contribution in [2.75, 3.05) is 4.90 Å². The number of amides is 1.